The van der Waals surface area contributed by atoms with E-state index < -0.39 is 95.5 Å². The summed E-state index contributed by atoms with van der Waals surface area (Å²) in [5.41, 5.74) is -1.58. The van der Waals surface area contributed by atoms with Crippen LogP contribution >= 0.6 is 0 Å². The molecular formula is C21H38F8O7Si4. The summed E-state index contributed by atoms with van der Waals surface area (Å²) in [5.74, 6) is -29.3. The Balaban J connectivity index is 8.35. The molecule has 0 spiro atoms. The molecule has 0 aliphatic heterocycles. The molecule has 236 valence electrons. The molecule has 7 nitrogen and oxygen atoms in total. The molecule has 19 heteroatoms. The number of carboxylic acids is 1. The molecule has 0 aromatic rings. The second kappa shape index (κ2) is 11.9. The van der Waals surface area contributed by atoms with Gasteiger partial charge in [-0.1, -0.05) is 20.8 Å². The highest BCUT2D eigenvalue weighted by Gasteiger charge is 2.90. The van der Waals surface area contributed by atoms with Gasteiger partial charge in [-0.25, -0.2) is 9.59 Å². The average molecular weight is 667 g/mol. The van der Waals surface area contributed by atoms with Gasteiger partial charge in [0.2, 0.25) is 5.22 Å². The van der Waals surface area contributed by atoms with Gasteiger partial charge in [0.1, 0.15) is 10.5 Å². The molecule has 0 heterocycles. The fourth-order valence-corrected chi connectivity index (χ4v) is 16.9. The van der Waals surface area contributed by atoms with Crippen molar-refractivity contribution in [3.8, 4) is 0 Å². The standard InChI is InChI=1S/C21H38F8O7Si4/c1-16(2,3)13-18(33-15(32)12-11-14(30)31,20(26,27)21(28,29)19(24,25)17(4,22)23)40(34-37,35-38(5,6)7)36-39(8,9)10/h11-12H,13H2,1-10,37H3,(H,30,31). The zero-order chi connectivity index (χ0) is 32.6. The van der Waals surface area contributed by atoms with Crippen LogP contribution in [0, 0.1) is 5.41 Å². The maximum atomic E-state index is 16.5. The predicted molar refractivity (Wildman–Crippen MR) is 141 cm³/mol. The second-order valence-corrected chi connectivity index (χ2v) is 26.1. The van der Waals surface area contributed by atoms with E-state index >= 15 is 17.6 Å². The monoisotopic (exact) mass is 666 g/mol. The number of hydrogen-bond acceptors (Lipinski definition) is 6. The Morgan fingerprint density at radius 1 is 0.750 bits per heavy atom. The summed E-state index contributed by atoms with van der Waals surface area (Å²) >= 11 is 0. The summed E-state index contributed by atoms with van der Waals surface area (Å²) in [6.45, 7) is 11.4. The maximum Gasteiger partial charge on any atom is 0.522 e. The molecule has 40 heavy (non-hydrogen) atoms. The number of carboxylic acid groups (broad SMARTS) is 1. The minimum absolute atomic E-state index is 0.0792. The van der Waals surface area contributed by atoms with E-state index in [9.17, 15) is 27.2 Å². The van der Waals surface area contributed by atoms with Crippen molar-refractivity contribution < 1.29 is 66.9 Å². The van der Waals surface area contributed by atoms with Gasteiger partial charge >= 0.3 is 44.4 Å². The van der Waals surface area contributed by atoms with Crippen LogP contribution in [0.3, 0.4) is 0 Å². The second-order valence-electron chi connectivity index (χ2n) is 12.5. The third-order valence-corrected chi connectivity index (χ3v) is 15.7. The van der Waals surface area contributed by atoms with E-state index in [-0.39, 0.29) is 12.2 Å². The van der Waals surface area contributed by atoms with Crippen LogP contribution in [0.5, 0.6) is 0 Å². The van der Waals surface area contributed by atoms with E-state index in [0.717, 1.165) is 0 Å². The lowest BCUT2D eigenvalue weighted by molar-refractivity contribution is -0.387. The molecule has 0 radical (unpaired) electrons. The normalized spacial score (nSPS) is 16.8. The maximum absolute atomic E-state index is 16.5. The van der Waals surface area contributed by atoms with Crippen molar-refractivity contribution in [3.05, 3.63) is 12.2 Å². The highest BCUT2D eigenvalue weighted by atomic mass is 28.5. The van der Waals surface area contributed by atoms with Crippen LogP contribution in [-0.2, 0) is 26.7 Å². The minimum atomic E-state index is -6.88. The van der Waals surface area contributed by atoms with Crippen LogP contribution in [0.15, 0.2) is 12.2 Å². The Labute approximate surface area is 234 Å². The Bertz CT molecular complexity index is 939. The van der Waals surface area contributed by atoms with Gasteiger partial charge in [0, 0.05) is 25.5 Å². The third-order valence-electron chi connectivity index (χ3n) is 4.91. The first-order chi connectivity index (χ1) is 17.2. The number of halogens is 8. The van der Waals surface area contributed by atoms with Crippen LogP contribution < -0.4 is 0 Å². The number of ether oxygens (including phenoxy) is 1. The topological polar surface area (TPSA) is 91.3 Å². The molecule has 1 atom stereocenters. The molecule has 0 aliphatic carbocycles. The highest BCUT2D eigenvalue weighted by Crippen LogP contribution is 2.61. The molecule has 0 fully saturated rings. The molecule has 0 saturated heterocycles. The van der Waals surface area contributed by atoms with Crippen LogP contribution in [0.2, 0.25) is 39.3 Å². The number of alkyl halides is 8. The van der Waals surface area contributed by atoms with Crippen LogP contribution in [0.1, 0.15) is 34.1 Å². The van der Waals surface area contributed by atoms with Crippen LogP contribution in [0.25, 0.3) is 0 Å². The van der Waals surface area contributed by atoms with E-state index in [4.69, 9.17) is 22.2 Å². The van der Waals surface area contributed by atoms with Crippen molar-refractivity contribution in [1.82, 2.24) is 0 Å². The highest BCUT2D eigenvalue weighted by molar-refractivity contribution is 6.87. The molecule has 1 unspecified atom stereocenters. The van der Waals surface area contributed by atoms with Gasteiger partial charge in [-0.15, -0.1) is 0 Å². The summed E-state index contributed by atoms with van der Waals surface area (Å²) in [6.07, 6.45) is -1.20. The summed E-state index contributed by atoms with van der Waals surface area (Å²) in [6, 6.07) is 0. The van der Waals surface area contributed by atoms with E-state index in [1.54, 1.807) is 0 Å². The van der Waals surface area contributed by atoms with Gasteiger partial charge in [0.05, 0.1) is 0 Å². The zero-order valence-electron chi connectivity index (χ0n) is 24.3. The van der Waals surface area contributed by atoms with E-state index in [2.05, 4.69) is 0 Å². The summed E-state index contributed by atoms with van der Waals surface area (Å²) < 4.78 is 143. The van der Waals surface area contributed by atoms with Crippen LogP contribution in [-0.4, -0.2) is 81.9 Å². The fourth-order valence-electron chi connectivity index (χ4n) is 3.63. The minimum Gasteiger partial charge on any atom is -0.478 e. The van der Waals surface area contributed by atoms with Gasteiger partial charge in [-0.2, -0.15) is 35.1 Å². The van der Waals surface area contributed by atoms with Crippen LogP contribution in [0.4, 0.5) is 35.1 Å². The van der Waals surface area contributed by atoms with E-state index in [0.29, 0.717) is 0 Å². The summed E-state index contributed by atoms with van der Waals surface area (Å²) in [4.78, 5) is 23.7. The number of aliphatic carboxylic acids is 1. The SMILES string of the molecule is CC(C)(C)CC(OC(=O)C=CC(=O)O)(C(F)(F)C(F)(F)C(F)(F)C(C)(F)F)[Si](O[SiH3])(O[Si](C)(C)C)O[Si](C)(C)C. The average Bonchev–Trinajstić information content (AvgIpc) is 2.66. The van der Waals surface area contributed by atoms with Crippen molar-refractivity contribution >= 4 is 47.9 Å². The molecule has 0 aromatic heterocycles. The summed E-state index contributed by atoms with van der Waals surface area (Å²) in [7, 11) is -12.8. The lowest BCUT2D eigenvalue weighted by Crippen LogP contribution is -2.82. The molecule has 0 aromatic carbocycles. The third kappa shape index (κ3) is 8.46. The Morgan fingerprint density at radius 2 is 1.15 bits per heavy atom. The van der Waals surface area contributed by atoms with Gasteiger partial charge in [0.15, 0.2) is 16.6 Å². The number of carbonyl (C=O) groups is 2. The smallest absolute Gasteiger partial charge is 0.478 e. The fraction of sp³-hybridized carbons (Fsp3) is 0.810. The van der Waals surface area contributed by atoms with Gasteiger partial charge in [-0.05, 0) is 44.7 Å². The largest absolute Gasteiger partial charge is 0.522 e. The molecule has 0 rings (SSSR count). The molecule has 0 saturated carbocycles. The number of esters is 1. The number of carbonyl (C=O) groups excluding carboxylic acids is 1. The zero-order valence-corrected chi connectivity index (χ0v) is 29.3. The number of hydrogen-bond donors (Lipinski definition) is 1. The number of rotatable bonds is 14. The molecule has 0 aliphatic rings. The van der Waals surface area contributed by atoms with Crippen molar-refractivity contribution in [3.63, 3.8) is 0 Å². The van der Waals surface area contributed by atoms with Crippen molar-refractivity contribution in [1.29, 1.82) is 0 Å². The summed E-state index contributed by atoms with van der Waals surface area (Å²) in [5, 5.41) is 4.61. The predicted octanol–water partition coefficient (Wildman–Crippen LogP) is 5.38. The first-order valence-electron chi connectivity index (χ1n) is 11.8. The first-order valence-corrected chi connectivity index (χ1v) is 21.2. The first kappa shape index (κ1) is 38.9. The van der Waals surface area contributed by atoms with Crippen molar-refractivity contribution in [2.45, 2.75) is 102 Å². The lowest BCUT2D eigenvalue weighted by Gasteiger charge is -2.54. The quantitative estimate of drug-likeness (QED) is 0.115. The molecule has 0 bridgehead atoms. The molecule has 0 amide bonds. The molecular weight excluding hydrogens is 629 g/mol. The Hall–Kier alpha value is -1.13. The van der Waals surface area contributed by atoms with Crippen molar-refractivity contribution in [2.75, 3.05) is 0 Å². The Morgan fingerprint density at radius 3 is 1.43 bits per heavy atom. The van der Waals surface area contributed by atoms with Gasteiger partial charge in [0.25, 0.3) is 0 Å². The van der Waals surface area contributed by atoms with Gasteiger partial charge in [-0.3, -0.25) is 0 Å². The molecule has 1 N–H and O–H groups in total. The Kier molecular flexibility index (Phi) is 11.5. The van der Waals surface area contributed by atoms with Crippen molar-refractivity contribution in [2.24, 2.45) is 5.41 Å². The lowest BCUT2D eigenvalue weighted by atomic mass is 9.83. The van der Waals surface area contributed by atoms with Gasteiger partial charge < -0.3 is 22.2 Å². The van der Waals surface area contributed by atoms with E-state index in [1.165, 1.54) is 60.1 Å². The van der Waals surface area contributed by atoms with E-state index in [1.807, 2.05) is 0 Å².